The number of hydrogen-bond acceptors (Lipinski definition) is 2. The molecule has 7 heteroatoms. The Morgan fingerprint density at radius 3 is 2.90 bits per heavy atom. The summed E-state index contributed by atoms with van der Waals surface area (Å²) in [4.78, 5) is 0. The number of thiocarbonyl (C=S) groups is 1. The first-order valence-electron chi connectivity index (χ1n) is 6.21. The summed E-state index contributed by atoms with van der Waals surface area (Å²) in [7, 11) is 0. The third-order valence-electron chi connectivity index (χ3n) is 2.64. The smallest absolute Gasteiger partial charge is 0.172 e. The molecule has 0 unspecified atom stereocenters. The van der Waals surface area contributed by atoms with Crippen molar-refractivity contribution in [3.63, 3.8) is 0 Å². The van der Waals surface area contributed by atoms with Crippen LogP contribution in [0.5, 0.6) is 0 Å². The lowest BCUT2D eigenvalue weighted by Gasteiger charge is -2.07. The predicted octanol–water partition coefficient (Wildman–Crippen LogP) is 3.71. The topological polar surface area (TPSA) is 41.9 Å². The molecule has 0 aliphatic heterocycles. The Hall–Kier alpha value is -1.56. The normalized spacial score (nSPS) is 10.2. The van der Waals surface area contributed by atoms with E-state index in [-0.39, 0.29) is 0 Å². The van der Waals surface area contributed by atoms with Crippen LogP contribution in [-0.4, -0.2) is 21.4 Å². The van der Waals surface area contributed by atoms with E-state index < -0.39 is 0 Å². The highest BCUT2D eigenvalue weighted by Crippen LogP contribution is 2.21. The number of rotatable bonds is 5. The van der Waals surface area contributed by atoms with Crippen molar-refractivity contribution >= 4 is 46.4 Å². The quantitative estimate of drug-likeness (QED) is 0.643. The van der Waals surface area contributed by atoms with Gasteiger partial charge in [-0.15, -0.1) is 6.58 Å². The summed E-state index contributed by atoms with van der Waals surface area (Å²) in [6.07, 6.45) is 3.58. The third-order valence-corrected chi connectivity index (χ3v) is 3.47. The van der Waals surface area contributed by atoms with E-state index in [2.05, 4.69) is 22.3 Å². The molecule has 1 aromatic heterocycles. The first kappa shape index (κ1) is 15.8. The summed E-state index contributed by atoms with van der Waals surface area (Å²) in [6, 6.07) is 7.25. The average molecular weight is 341 g/mol. The van der Waals surface area contributed by atoms with Crippen LogP contribution in [0.2, 0.25) is 10.0 Å². The lowest BCUT2D eigenvalue weighted by molar-refractivity contribution is 0.690. The van der Waals surface area contributed by atoms with Gasteiger partial charge in [0.1, 0.15) is 0 Å². The molecule has 21 heavy (non-hydrogen) atoms. The highest BCUT2D eigenvalue weighted by Gasteiger charge is 2.05. The molecule has 2 rings (SSSR count). The minimum Gasteiger partial charge on any atom is -0.359 e. The fourth-order valence-electron chi connectivity index (χ4n) is 1.67. The molecule has 2 aromatic rings. The molecule has 1 heterocycles. The van der Waals surface area contributed by atoms with Crippen LogP contribution in [0.3, 0.4) is 0 Å². The van der Waals surface area contributed by atoms with E-state index in [0.717, 1.165) is 5.56 Å². The van der Waals surface area contributed by atoms with E-state index in [9.17, 15) is 0 Å². The summed E-state index contributed by atoms with van der Waals surface area (Å²) >= 11 is 17.1. The van der Waals surface area contributed by atoms with Crippen molar-refractivity contribution in [2.24, 2.45) is 0 Å². The lowest BCUT2D eigenvalue weighted by Crippen LogP contribution is -2.28. The molecule has 0 radical (unpaired) electrons. The molecule has 1 aromatic carbocycles. The molecule has 0 saturated carbocycles. The summed E-state index contributed by atoms with van der Waals surface area (Å²) < 4.78 is 1.77. The lowest BCUT2D eigenvalue weighted by atomic mass is 10.2. The van der Waals surface area contributed by atoms with Gasteiger partial charge in [0.15, 0.2) is 10.9 Å². The zero-order chi connectivity index (χ0) is 15.2. The fraction of sp³-hybridized carbons (Fsp3) is 0.143. The number of nitrogens with one attached hydrogen (secondary N) is 2. The fourth-order valence-corrected chi connectivity index (χ4v) is 2.32. The molecule has 4 nitrogen and oxygen atoms in total. The van der Waals surface area contributed by atoms with Gasteiger partial charge in [-0.2, -0.15) is 5.10 Å². The minimum absolute atomic E-state index is 0.504. The number of halogens is 2. The maximum absolute atomic E-state index is 6.15. The molecular weight excluding hydrogens is 327 g/mol. The molecule has 0 aliphatic rings. The zero-order valence-corrected chi connectivity index (χ0v) is 13.5. The molecule has 0 spiro atoms. The summed E-state index contributed by atoms with van der Waals surface area (Å²) in [5.41, 5.74) is 0.947. The predicted molar refractivity (Wildman–Crippen MR) is 92.2 cm³/mol. The van der Waals surface area contributed by atoms with Gasteiger partial charge in [0.25, 0.3) is 0 Å². The van der Waals surface area contributed by atoms with Crippen LogP contribution >= 0.6 is 35.4 Å². The van der Waals surface area contributed by atoms with Gasteiger partial charge in [-0.25, -0.2) is 0 Å². The highest BCUT2D eigenvalue weighted by atomic mass is 35.5. The van der Waals surface area contributed by atoms with E-state index >= 15 is 0 Å². The second-order valence-electron chi connectivity index (χ2n) is 4.26. The first-order chi connectivity index (χ1) is 10.1. The number of aromatic nitrogens is 2. The second-order valence-corrected chi connectivity index (χ2v) is 5.51. The Bertz CT molecular complexity index is 654. The van der Waals surface area contributed by atoms with Crippen molar-refractivity contribution in [3.8, 4) is 0 Å². The van der Waals surface area contributed by atoms with Gasteiger partial charge < -0.3 is 10.6 Å². The van der Waals surface area contributed by atoms with E-state index in [1.165, 1.54) is 0 Å². The van der Waals surface area contributed by atoms with Crippen LogP contribution in [0.25, 0.3) is 0 Å². The zero-order valence-electron chi connectivity index (χ0n) is 11.1. The molecule has 0 aliphatic carbocycles. The molecule has 0 atom stereocenters. The average Bonchev–Trinajstić information content (AvgIpc) is 2.87. The van der Waals surface area contributed by atoms with Crippen molar-refractivity contribution < 1.29 is 0 Å². The van der Waals surface area contributed by atoms with E-state index in [1.54, 1.807) is 22.9 Å². The minimum atomic E-state index is 0.504. The van der Waals surface area contributed by atoms with Gasteiger partial charge >= 0.3 is 0 Å². The van der Waals surface area contributed by atoms with Crippen LogP contribution in [0.1, 0.15) is 5.56 Å². The van der Waals surface area contributed by atoms with Gasteiger partial charge in [0.2, 0.25) is 0 Å². The largest absolute Gasteiger partial charge is 0.359 e. The van der Waals surface area contributed by atoms with Crippen LogP contribution in [0.4, 0.5) is 5.82 Å². The molecule has 0 saturated heterocycles. The van der Waals surface area contributed by atoms with Crippen molar-refractivity contribution in [1.29, 1.82) is 0 Å². The van der Waals surface area contributed by atoms with Crippen molar-refractivity contribution in [2.75, 3.05) is 11.9 Å². The first-order valence-corrected chi connectivity index (χ1v) is 7.38. The van der Waals surface area contributed by atoms with Gasteiger partial charge in [0, 0.05) is 28.9 Å². The van der Waals surface area contributed by atoms with E-state index in [4.69, 9.17) is 35.4 Å². The standard InChI is InChI=1S/C14H14Cl2N4S/c1-2-6-17-14(21)18-13-5-7-20(19-13)9-10-3-4-11(15)8-12(10)16/h2-5,7-8H,1,6,9H2,(H2,17,18,19,21). The van der Waals surface area contributed by atoms with Crippen molar-refractivity contribution in [2.45, 2.75) is 6.54 Å². The number of nitrogens with zero attached hydrogens (tertiary/aromatic N) is 2. The van der Waals surface area contributed by atoms with Crippen LogP contribution < -0.4 is 10.6 Å². The Morgan fingerprint density at radius 1 is 1.38 bits per heavy atom. The van der Waals surface area contributed by atoms with Crippen LogP contribution in [-0.2, 0) is 6.54 Å². The van der Waals surface area contributed by atoms with Gasteiger partial charge in [-0.05, 0) is 29.9 Å². The third kappa shape index (κ3) is 4.74. The van der Waals surface area contributed by atoms with Crippen molar-refractivity contribution in [3.05, 3.63) is 58.7 Å². The van der Waals surface area contributed by atoms with Gasteiger partial charge in [0.05, 0.1) is 6.54 Å². The molecule has 2 N–H and O–H groups in total. The van der Waals surface area contributed by atoms with Gasteiger partial charge in [-0.3, -0.25) is 4.68 Å². The maximum Gasteiger partial charge on any atom is 0.172 e. The number of anilines is 1. The number of benzene rings is 1. The van der Waals surface area contributed by atoms with Crippen molar-refractivity contribution in [1.82, 2.24) is 15.1 Å². The summed E-state index contributed by atoms with van der Waals surface area (Å²) in [5.74, 6) is 0.668. The molecule has 0 fully saturated rings. The maximum atomic E-state index is 6.15. The molecule has 0 amide bonds. The molecule has 110 valence electrons. The summed E-state index contributed by atoms with van der Waals surface area (Å²) in [5, 5.41) is 12.1. The Morgan fingerprint density at radius 2 is 2.19 bits per heavy atom. The Balaban J connectivity index is 1.99. The Kier molecular flexibility index (Phi) is 5.61. The van der Waals surface area contributed by atoms with Gasteiger partial charge in [-0.1, -0.05) is 35.3 Å². The van der Waals surface area contributed by atoms with Crippen LogP contribution in [0, 0.1) is 0 Å². The highest BCUT2D eigenvalue weighted by molar-refractivity contribution is 7.80. The monoisotopic (exact) mass is 340 g/mol. The molecular formula is C14H14Cl2N4S. The number of hydrogen-bond donors (Lipinski definition) is 2. The van der Waals surface area contributed by atoms with E-state index in [0.29, 0.717) is 34.1 Å². The van der Waals surface area contributed by atoms with Crippen LogP contribution in [0.15, 0.2) is 43.1 Å². The molecule has 0 bridgehead atoms. The van der Waals surface area contributed by atoms with E-state index in [1.807, 2.05) is 18.3 Å². The summed E-state index contributed by atoms with van der Waals surface area (Å²) in [6.45, 7) is 4.78. The Labute approximate surface area is 138 Å². The SMILES string of the molecule is C=CCNC(=S)Nc1ccn(Cc2ccc(Cl)cc2Cl)n1. The second kappa shape index (κ2) is 7.45.